The third-order valence-corrected chi connectivity index (χ3v) is 9.30. The van der Waals surface area contributed by atoms with E-state index in [9.17, 15) is 39.6 Å². The number of carbonyl (C=O) groups excluding carboxylic acids is 4. The van der Waals surface area contributed by atoms with Gasteiger partial charge in [-0.1, -0.05) is 26.2 Å². The maximum Gasteiger partial charge on any atom is 0.309 e. The highest BCUT2D eigenvalue weighted by atomic mass is 16.5. The molecule has 0 radical (unpaired) electrons. The molecule has 220 valence electrons. The molecule has 1 amide bonds. The van der Waals surface area contributed by atoms with Gasteiger partial charge in [0.05, 0.1) is 23.4 Å². The minimum atomic E-state index is -2.97. The Balaban J connectivity index is 1.81. The zero-order valence-corrected chi connectivity index (χ0v) is 23.1. The number of rotatable bonds is 4. The summed E-state index contributed by atoms with van der Waals surface area (Å²) in [5.41, 5.74) is 7.69. The number of esters is 1. The van der Waals surface area contributed by atoms with Crippen molar-refractivity contribution in [3.63, 3.8) is 0 Å². The number of anilines is 1. The maximum atomic E-state index is 14.3. The van der Waals surface area contributed by atoms with Crippen LogP contribution < -0.4 is 11.5 Å². The second-order valence-corrected chi connectivity index (χ2v) is 11.8. The third-order valence-electron chi connectivity index (χ3n) is 9.30. The van der Waals surface area contributed by atoms with E-state index in [1.807, 2.05) is 0 Å². The van der Waals surface area contributed by atoms with Gasteiger partial charge in [0.2, 0.25) is 5.78 Å². The average molecular weight is 570 g/mol. The molecule has 0 heterocycles. The van der Waals surface area contributed by atoms with Gasteiger partial charge in [-0.15, -0.1) is 0 Å². The fraction of sp³-hybridized carbons (Fsp3) is 0.517. The molecule has 6 atom stereocenters. The molecule has 0 saturated heterocycles. The Labute approximate surface area is 236 Å². The second-order valence-electron chi connectivity index (χ2n) is 11.8. The maximum absolute atomic E-state index is 14.3. The summed E-state index contributed by atoms with van der Waals surface area (Å²) < 4.78 is 6.13. The van der Waals surface area contributed by atoms with Crippen LogP contribution in [0.2, 0.25) is 0 Å². The topological polar surface area (TPSA) is 214 Å². The summed E-state index contributed by atoms with van der Waals surface area (Å²) in [5, 5.41) is 45.5. The Bertz CT molecular complexity index is 1420. The Kier molecular flexibility index (Phi) is 6.90. The van der Waals surface area contributed by atoms with E-state index in [4.69, 9.17) is 16.2 Å². The van der Waals surface area contributed by atoms with Crippen molar-refractivity contribution in [1.29, 1.82) is 0 Å². The molecular formula is C29H35N3O9. The van der Waals surface area contributed by atoms with Crippen molar-refractivity contribution < 1.29 is 44.3 Å². The fourth-order valence-corrected chi connectivity index (χ4v) is 7.41. The van der Waals surface area contributed by atoms with E-state index in [0.29, 0.717) is 18.4 Å². The van der Waals surface area contributed by atoms with Crippen molar-refractivity contribution >= 4 is 34.9 Å². The number of phenols is 1. The van der Waals surface area contributed by atoms with Gasteiger partial charge in [-0.25, -0.2) is 0 Å². The molecule has 0 aromatic heterocycles. The van der Waals surface area contributed by atoms with E-state index < -0.39 is 87.5 Å². The average Bonchev–Trinajstić information content (AvgIpc) is 2.91. The predicted molar refractivity (Wildman–Crippen MR) is 145 cm³/mol. The van der Waals surface area contributed by atoms with Crippen molar-refractivity contribution in [3.05, 3.63) is 40.2 Å². The van der Waals surface area contributed by atoms with Crippen LogP contribution in [0.1, 0.15) is 56.1 Å². The number of aliphatic hydroxyl groups excluding tert-OH is 2. The van der Waals surface area contributed by atoms with Gasteiger partial charge in [-0.05, 0) is 50.6 Å². The third kappa shape index (κ3) is 3.95. The molecule has 12 heteroatoms. The number of benzene rings is 1. The first kappa shape index (κ1) is 28.6. The molecule has 12 nitrogen and oxygen atoms in total. The predicted octanol–water partition coefficient (Wildman–Crippen LogP) is 1.21. The first-order valence-electron chi connectivity index (χ1n) is 13.7. The summed E-state index contributed by atoms with van der Waals surface area (Å²) in [6, 6.07) is 1.26. The van der Waals surface area contributed by atoms with Crippen LogP contribution in [-0.2, 0) is 23.9 Å². The van der Waals surface area contributed by atoms with Gasteiger partial charge in [-0.2, -0.15) is 0 Å². The van der Waals surface area contributed by atoms with Gasteiger partial charge in [-0.3, -0.25) is 24.1 Å². The molecule has 1 aromatic carbocycles. The lowest BCUT2D eigenvalue weighted by Gasteiger charge is -2.54. The Morgan fingerprint density at radius 1 is 1.07 bits per heavy atom. The quantitative estimate of drug-likeness (QED) is 0.131. The number of primary amides is 1. The number of amides is 1. The molecule has 0 aliphatic heterocycles. The number of ether oxygens (including phenoxy) is 1. The van der Waals surface area contributed by atoms with Crippen LogP contribution in [0.25, 0.3) is 5.76 Å². The fourth-order valence-electron chi connectivity index (χ4n) is 7.41. The number of aliphatic hydroxyl groups is 3. The molecule has 0 spiro atoms. The summed E-state index contributed by atoms with van der Waals surface area (Å²) in [6.45, 7) is 1.67. The summed E-state index contributed by atoms with van der Waals surface area (Å²) in [5.74, 6) is -10.4. The van der Waals surface area contributed by atoms with Crippen LogP contribution in [0.5, 0.6) is 5.75 Å². The zero-order chi connectivity index (χ0) is 30.1. The number of aromatic hydroxyl groups is 1. The normalized spacial score (nSPS) is 32.0. The van der Waals surface area contributed by atoms with E-state index >= 15 is 0 Å². The molecule has 41 heavy (non-hydrogen) atoms. The van der Waals surface area contributed by atoms with Crippen LogP contribution in [0.3, 0.4) is 0 Å². The van der Waals surface area contributed by atoms with Crippen molar-refractivity contribution in [1.82, 2.24) is 4.90 Å². The first-order valence-corrected chi connectivity index (χ1v) is 13.7. The lowest BCUT2D eigenvalue weighted by atomic mass is 9.54. The Morgan fingerprint density at radius 3 is 2.29 bits per heavy atom. The molecule has 1 aromatic rings. The molecule has 2 fully saturated rings. The Hall–Kier alpha value is -3.90. The number of phenolic OH excluding ortho intramolecular Hbond substituents is 1. The molecule has 0 bridgehead atoms. The van der Waals surface area contributed by atoms with E-state index in [2.05, 4.69) is 0 Å². The monoisotopic (exact) mass is 569 g/mol. The molecule has 5 rings (SSSR count). The van der Waals surface area contributed by atoms with E-state index in [0.717, 1.165) is 19.3 Å². The molecule has 2 saturated carbocycles. The van der Waals surface area contributed by atoms with Gasteiger partial charge >= 0.3 is 5.97 Å². The van der Waals surface area contributed by atoms with Crippen molar-refractivity contribution in [2.24, 2.45) is 23.5 Å². The van der Waals surface area contributed by atoms with Crippen LogP contribution in [0.4, 0.5) is 5.69 Å². The van der Waals surface area contributed by atoms with Gasteiger partial charge in [0.25, 0.3) is 5.91 Å². The number of hydrogen-bond donors (Lipinski definition) is 6. The highest BCUT2D eigenvalue weighted by molar-refractivity contribution is 6.24. The van der Waals surface area contributed by atoms with Crippen LogP contribution in [0.15, 0.2) is 29.0 Å². The van der Waals surface area contributed by atoms with E-state index in [1.54, 1.807) is 6.92 Å². The number of nitrogen functional groups attached to an aromatic ring is 1. The number of nitrogens with zero attached hydrogens (tertiary/aromatic N) is 1. The Morgan fingerprint density at radius 2 is 1.71 bits per heavy atom. The van der Waals surface area contributed by atoms with Gasteiger partial charge < -0.3 is 36.6 Å². The summed E-state index contributed by atoms with van der Waals surface area (Å²) in [4.78, 5) is 55.2. The molecular weight excluding hydrogens is 534 g/mol. The summed E-state index contributed by atoms with van der Waals surface area (Å²) in [6.07, 6.45) is 2.30. The van der Waals surface area contributed by atoms with Crippen LogP contribution in [-0.4, -0.2) is 80.6 Å². The summed E-state index contributed by atoms with van der Waals surface area (Å²) in [7, 11) is 2.96. The van der Waals surface area contributed by atoms with Crippen LogP contribution >= 0.6 is 0 Å². The lowest BCUT2D eigenvalue weighted by Crippen LogP contribution is -2.71. The highest BCUT2D eigenvalue weighted by Gasteiger charge is 2.69. The van der Waals surface area contributed by atoms with E-state index in [-0.39, 0.29) is 17.0 Å². The van der Waals surface area contributed by atoms with Crippen molar-refractivity contribution in [2.45, 2.75) is 62.7 Å². The summed E-state index contributed by atoms with van der Waals surface area (Å²) >= 11 is 0. The highest BCUT2D eigenvalue weighted by Crippen LogP contribution is 2.58. The number of nitrogens with two attached hydrogens (primary N) is 2. The number of hydrogen-bond acceptors (Lipinski definition) is 11. The van der Waals surface area contributed by atoms with Crippen molar-refractivity contribution in [2.75, 3.05) is 19.8 Å². The second kappa shape index (κ2) is 9.88. The zero-order valence-electron chi connectivity index (χ0n) is 23.1. The number of likely N-dealkylation sites (N-methyl/N-ethyl adjacent to an activating group) is 1. The number of Topliss-reactive ketones (excluding diaryl/α,β-unsaturated/α-hetero) is 2. The number of carbonyl (C=O) groups is 4. The van der Waals surface area contributed by atoms with Crippen molar-refractivity contribution in [3.8, 4) is 5.75 Å². The van der Waals surface area contributed by atoms with Gasteiger partial charge in [0.15, 0.2) is 11.4 Å². The number of fused-ring (bicyclic) bond motifs is 3. The SMILES string of the molecule is C[C@H]1c2c(N)ccc(O)c2C(O)=C2C(=O)[C@]3(O)C(O)=C(C(N)=O)C(=O)[C@@H](N(C)C)[C@@H]3[C@@H](OC(=O)C3CCCCC3)[C@@H]21. The lowest BCUT2D eigenvalue weighted by molar-refractivity contribution is -0.188. The van der Waals surface area contributed by atoms with Gasteiger partial charge in [0.1, 0.15) is 28.9 Å². The largest absolute Gasteiger partial charge is 0.508 e. The smallest absolute Gasteiger partial charge is 0.309 e. The standard InChI is InChI=1S/C29H35N3O9/c1-11-15-13(30)9-10-14(33)17(15)22(34)18-16(11)24(41-28(39)12-7-5-4-6-8-12)20-21(32(2)3)23(35)19(27(31)38)26(37)29(20,40)25(18)36/h9-12,16,20-21,24,33-34,37,40H,4-8,30H2,1-3H3,(H2,31,38)/t11-,16+,20+,21-,24-,29-/m0/s1. The molecule has 4 aliphatic rings. The molecule has 0 unspecified atom stereocenters. The first-order chi connectivity index (χ1) is 19.2. The number of ketones is 2. The minimum absolute atomic E-state index is 0.133. The molecule has 4 aliphatic carbocycles. The van der Waals surface area contributed by atoms with Crippen LogP contribution in [0, 0.1) is 17.8 Å². The molecule has 8 N–H and O–H groups in total. The minimum Gasteiger partial charge on any atom is -0.508 e. The van der Waals surface area contributed by atoms with Gasteiger partial charge in [0, 0.05) is 17.2 Å². The van der Waals surface area contributed by atoms with E-state index in [1.165, 1.54) is 31.1 Å².